The molecule has 3 rings (SSSR count). The SMILES string of the molecule is Fc1ccccc1CNCC(C1CC1)C1CC1. The molecule has 1 N–H and O–H groups in total. The van der Waals surface area contributed by atoms with Gasteiger partial charge in [-0.05, 0) is 56.0 Å². The third-order valence-corrected chi connectivity index (χ3v) is 4.11. The quantitative estimate of drug-likeness (QED) is 0.794. The average Bonchev–Trinajstić information content (AvgIpc) is 3.18. The Balaban J connectivity index is 1.49. The van der Waals surface area contributed by atoms with Crippen molar-refractivity contribution in [3.05, 3.63) is 35.6 Å². The Morgan fingerprint density at radius 2 is 1.76 bits per heavy atom. The molecule has 2 heteroatoms. The third kappa shape index (κ3) is 2.86. The van der Waals surface area contributed by atoms with Crippen molar-refractivity contribution < 1.29 is 4.39 Å². The Hall–Kier alpha value is -0.890. The minimum Gasteiger partial charge on any atom is -0.312 e. The molecule has 0 bridgehead atoms. The molecule has 1 aromatic carbocycles. The molecule has 0 aromatic heterocycles. The minimum atomic E-state index is -0.0885. The summed E-state index contributed by atoms with van der Waals surface area (Å²) in [6.45, 7) is 1.74. The van der Waals surface area contributed by atoms with Crippen molar-refractivity contribution in [3.8, 4) is 0 Å². The van der Waals surface area contributed by atoms with E-state index in [0.29, 0.717) is 6.54 Å². The van der Waals surface area contributed by atoms with Crippen LogP contribution in [0.3, 0.4) is 0 Å². The molecule has 2 fully saturated rings. The fourth-order valence-corrected chi connectivity index (χ4v) is 2.78. The molecule has 0 radical (unpaired) electrons. The smallest absolute Gasteiger partial charge is 0.127 e. The lowest BCUT2D eigenvalue weighted by Gasteiger charge is -2.16. The monoisotopic (exact) mass is 233 g/mol. The molecular weight excluding hydrogens is 213 g/mol. The molecule has 0 unspecified atom stereocenters. The number of rotatable bonds is 6. The summed E-state index contributed by atoms with van der Waals surface area (Å²) < 4.78 is 13.4. The normalized spacial score (nSPS) is 19.9. The molecule has 1 nitrogen and oxygen atoms in total. The summed E-state index contributed by atoms with van der Waals surface area (Å²) in [6.07, 6.45) is 5.68. The first-order valence-electron chi connectivity index (χ1n) is 6.78. The lowest BCUT2D eigenvalue weighted by Crippen LogP contribution is -2.25. The lowest BCUT2D eigenvalue weighted by atomic mass is 9.98. The fraction of sp³-hybridized carbons (Fsp3) is 0.600. The van der Waals surface area contributed by atoms with Crippen LogP contribution in [0.1, 0.15) is 31.2 Å². The van der Waals surface area contributed by atoms with Gasteiger partial charge < -0.3 is 5.32 Å². The van der Waals surface area contributed by atoms with E-state index in [1.54, 1.807) is 6.07 Å². The van der Waals surface area contributed by atoms with Gasteiger partial charge in [0.05, 0.1) is 0 Å². The van der Waals surface area contributed by atoms with E-state index in [1.807, 2.05) is 12.1 Å². The summed E-state index contributed by atoms with van der Waals surface area (Å²) in [5, 5.41) is 3.45. The van der Waals surface area contributed by atoms with Crippen molar-refractivity contribution in [3.63, 3.8) is 0 Å². The van der Waals surface area contributed by atoms with Gasteiger partial charge in [-0.15, -0.1) is 0 Å². The largest absolute Gasteiger partial charge is 0.312 e. The summed E-state index contributed by atoms with van der Waals surface area (Å²) in [6, 6.07) is 7.05. The van der Waals surface area contributed by atoms with Gasteiger partial charge >= 0.3 is 0 Å². The Labute approximate surface area is 102 Å². The topological polar surface area (TPSA) is 12.0 Å². The summed E-state index contributed by atoms with van der Waals surface area (Å²) in [7, 11) is 0. The van der Waals surface area contributed by atoms with E-state index in [1.165, 1.54) is 31.7 Å². The minimum absolute atomic E-state index is 0.0885. The maximum absolute atomic E-state index is 13.4. The van der Waals surface area contributed by atoms with Gasteiger partial charge in [0.1, 0.15) is 5.82 Å². The van der Waals surface area contributed by atoms with Crippen molar-refractivity contribution in [1.29, 1.82) is 0 Å². The molecule has 92 valence electrons. The van der Waals surface area contributed by atoms with Crippen LogP contribution in [-0.4, -0.2) is 6.54 Å². The highest BCUT2D eigenvalue weighted by molar-refractivity contribution is 5.16. The van der Waals surface area contributed by atoms with Crippen LogP contribution < -0.4 is 5.32 Å². The van der Waals surface area contributed by atoms with Gasteiger partial charge in [-0.25, -0.2) is 4.39 Å². The van der Waals surface area contributed by atoms with Gasteiger partial charge in [0.2, 0.25) is 0 Å². The van der Waals surface area contributed by atoms with E-state index in [4.69, 9.17) is 0 Å². The zero-order valence-electron chi connectivity index (χ0n) is 10.2. The maximum atomic E-state index is 13.4. The summed E-state index contributed by atoms with van der Waals surface area (Å²) in [5.74, 6) is 2.71. The number of halogens is 1. The molecule has 0 amide bonds. The van der Waals surface area contributed by atoms with Crippen LogP contribution in [0.2, 0.25) is 0 Å². The van der Waals surface area contributed by atoms with Crippen LogP contribution in [0.25, 0.3) is 0 Å². The Morgan fingerprint density at radius 3 is 2.35 bits per heavy atom. The predicted molar refractivity (Wildman–Crippen MR) is 67.0 cm³/mol. The van der Waals surface area contributed by atoms with Crippen LogP contribution >= 0.6 is 0 Å². The zero-order valence-corrected chi connectivity index (χ0v) is 10.2. The highest BCUT2D eigenvalue weighted by Gasteiger charge is 2.40. The van der Waals surface area contributed by atoms with Crippen molar-refractivity contribution in [2.45, 2.75) is 32.2 Å². The van der Waals surface area contributed by atoms with Crippen molar-refractivity contribution in [2.75, 3.05) is 6.54 Å². The van der Waals surface area contributed by atoms with E-state index in [-0.39, 0.29) is 5.82 Å². The van der Waals surface area contributed by atoms with Gasteiger partial charge in [0.15, 0.2) is 0 Å². The molecule has 0 aliphatic heterocycles. The van der Waals surface area contributed by atoms with Gasteiger partial charge in [-0.3, -0.25) is 0 Å². The number of hydrogen-bond acceptors (Lipinski definition) is 1. The predicted octanol–water partition coefficient (Wildman–Crippen LogP) is 3.35. The molecule has 17 heavy (non-hydrogen) atoms. The molecule has 2 saturated carbocycles. The Kier molecular flexibility index (Phi) is 3.15. The average molecular weight is 233 g/mol. The second-order valence-corrected chi connectivity index (χ2v) is 5.56. The molecule has 2 aliphatic rings. The van der Waals surface area contributed by atoms with Crippen molar-refractivity contribution in [1.82, 2.24) is 5.32 Å². The van der Waals surface area contributed by atoms with Gasteiger partial charge in [-0.1, -0.05) is 18.2 Å². The van der Waals surface area contributed by atoms with E-state index in [0.717, 1.165) is 29.9 Å². The fourth-order valence-electron chi connectivity index (χ4n) is 2.78. The molecule has 0 saturated heterocycles. The van der Waals surface area contributed by atoms with E-state index in [9.17, 15) is 4.39 Å². The highest BCUT2D eigenvalue weighted by atomic mass is 19.1. The van der Waals surface area contributed by atoms with Crippen LogP contribution in [0.4, 0.5) is 4.39 Å². The first kappa shape index (κ1) is 11.2. The van der Waals surface area contributed by atoms with E-state index >= 15 is 0 Å². The van der Waals surface area contributed by atoms with Gasteiger partial charge in [-0.2, -0.15) is 0 Å². The molecular formula is C15H20FN. The molecule has 0 spiro atoms. The highest BCUT2D eigenvalue weighted by Crippen LogP contribution is 2.48. The molecule has 1 aromatic rings. The second-order valence-electron chi connectivity index (χ2n) is 5.56. The van der Waals surface area contributed by atoms with Gasteiger partial charge in [0, 0.05) is 12.1 Å². The van der Waals surface area contributed by atoms with E-state index in [2.05, 4.69) is 5.32 Å². The maximum Gasteiger partial charge on any atom is 0.127 e. The number of hydrogen-bond donors (Lipinski definition) is 1. The Morgan fingerprint density at radius 1 is 1.12 bits per heavy atom. The van der Waals surface area contributed by atoms with Crippen LogP contribution in [0, 0.1) is 23.6 Å². The number of nitrogens with one attached hydrogen (secondary N) is 1. The van der Waals surface area contributed by atoms with Crippen molar-refractivity contribution >= 4 is 0 Å². The third-order valence-electron chi connectivity index (χ3n) is 4.11. The molecule has 2 aliphatic carbocycles. The lowest BCUT2D eigenvalue weighted by molar-refractivity contribution is 0.377. The molecule has 0 heterocycles. The molecule has 0 atom stereocenters. The van der Waals surface area contributed by atoms with Crippen molar-refractivity contribution in [2.24, 2.45) is 17.8 Å². The summed E-state index contributed by atoms with van der Waals surface area (Å²) in [4.78, 5) is 0. The standard InChI is InChI=1S/C15H20FN/c16-15-4-2-1-3-13(15)9-17-10-14(11-5-6-11)12-7-8-12/h1-4,11-12,14,17H,5-10H2. The Bertz CT molecular complexity index is 370. The number of benzene rings is 1. The first-order chi connectivity index (χ1) is 8.34. The second kappa shape index (κ2) is 4.77. The van der Waals surface area contributed by atoms with Crippen LogP contribution in [0.5, 0.6) is 0 Å². The zero-order chi connectivity index (χ0) is 11.7. The first-order valence-corrected chi connectivity index (χ1v) is 6.78. The van der Waals surface area contributed by atoms with Gasteiger partial charge in [0.25, 0.3) is 0 Å². The van der Waals surface area contributed by atoms with Crippen LogP contribution in [-0.2, 0) is 6.54 Å². The van der Waals surface area contributed by atoms with Crippen LogP contribution in [0.15, 0.2) is 24.3 Å². The van der Waals surface area contributed by atoms with E-state index < -0.39 is 0 Å². The summed E-state index contributed by atoms with van der Waals surface area (Å²) in [5.41, 5.74) is 0.790. The summed E-state index contributed by atoms with van der Waals surface area (Å²) >= 11 is 0.